The first-order chi connectivity index (χ1) is 6.95. The lowest BCUT2D eigenvalue weighted by atomic mass is 9.96. The van der Waals surface area contributed by atoms with Crippen LogP contribution in [-0.4, -0.2) is 34.6 Å². The monoisotopic (exact) mass is 218 g/mol. The lowest BCUT2D eigenvalue weighted by Gasteiger charge is -2.38. The molecule has 0 bridgehead atoms. The quantitative estimate of drug-likeness (QED) is 0.656. The first-order valence-corrected chi connectivity index (χ1v) is 5.87. The predicted molar refractivity (Wildman–Crippen MR) is 61.9 cm³/mol. The minimum Gasteiger partial charge on any atom is -0.393 e. The van der Waals surface area contributed by atoms with Crippen molar-refractivity contribution in [2.24, 2.45) is 0 Å². The van der Waals surface area contributed by atoms with Crippen LogP contribution in [-0.2, 0) is 4.74 Å². The Hall–Kier alpha value is -0.120. The SMILES string of the molecule is CCCC(C)(CO)OC(C)(CO)CCC. The van der Waals surface area contributed by atoms with Crippen LogP contribution >= 0.6 is 0 Å². The third-order valence-corrected chi connectivity index (χ3v) is 2.72. The number of rotatable bonds is 8. The Bertz CT molecular complexity index is 154. The van der Waals surface area contributed by atoms with E-state index in [-0.39, 0.29) is 13.2 Å². The fourth-order valence-corrected chi connectivity index (χ4v) is 1.98. The summed E-state index contributed by atoms with van der Waals surface area (Å²) in [6, 6.07) is 0. The van der Waals surface area contributed by atoms with Gasteiger partial charge in [0.1, 0.15) is 0 Å². The van der Waals surface area contributed by atoms with E-state index in [1.807, 2.05) is 13.8 Å². The highest BCUT2D eigenvalue weighted by Crippen LogP contribution is 2.27. The van der Waals surface area contributed by atoms with Gasteiger partial charge in [-0.3, -0.25) is 0 Å². The van der Waals surface area contributed by atoms with Gasteiger partial charge >= 0.3 is 0 Å². The molecule has 0 aromatic heterocycles. The average Bonchev–Trinajstić information content (AvgIpc) is 2.18. The zero-order valence-electron chi connectivity index (χ0n) is 10.5. The summed E-state index contributed by atoms with van der Waals surface area (Å²) in [6.07, 6.45) is 3.54. The highest BCUT2D eigenvalue weighted by atomic mass is 16.5. The lowest BCUT2D eigenvalue weighted by Crippen LogP contribution is -2.45. The van der Waals surface area contributed by atoms with Crippen molar-refractivity contribution in [1.29, 1.82) is 0 Å². The maximum atomic E-state index is 9.34. The summed E-state index contributed by atoms with van der Waals surface area (Å²) < 4.78 is 5.90. The van der Waals surface area contributed by atoms with E-state index in [4.69, 9.17) is 4.74 Å². The van der Waals surface area contributed by atoms with E-state index in [1.54, 1.807) is 0 Å². The van der Waals surface area contributed by atoms with Crippen LogP contribution < -0.4 is 0 Å². The van der Waals surface area contributed by atoms with Crippen LogP contribution in [0.2, 0.25) is 0 Å². The molecule has 2 atom stereocenters. The zero-order valence-corrected chi connectivity index (χ0v) is 10.5. The van der Waals surface area contributed by atoms with Crippen molar-refractivity contribution in [3.8, 4) is 0 Å². The second-order valence-electron chi connectivity index (χ2n) is 4.82. The third kappa shape index (κ3) is 4.96. The van der Waals surface area contributed by atoms with E-state index < -0.39 is 11.2 Å². The van der Waals surface area contributed by atoms with Gasteiger partial charge in [-0.05, 0) is 26.7 Å². The van der Waals surface area contributed by atoms with Crippen LogP contribution in [0.1, 0.15) is 53.4 Å². The molecule has 0 rings (SSSR count). The zero-order chi connectivity index (χ0) is 11.9. The highest BCUT2D eigenvalue weighted by Gasteiger charge is 2.34. The molecule has 2 N–H and O–H groups in total. The topological polar surface area (TPSA) is 49.7 Å². The maximum absolute atomic E-state index is 9.34. The number of aliphatic hydroxyl groups excluding tert-OH is 2. The predicted octanol–water partition coefficient (Wildman–Crippen LogP) is 2.11. The minimum absolute atomic E-state index is 0.000143. The smallest absolute Gasteiger partial charge is 0.0892 e. The van der Waals surface area contributed by atoms with E-state index >= 15 is 0 Å². The Labute approximate surface area is 93.5 Å². The largest absolute Gasteiger partial charge is 0.393 e. The summed E-state index contributed by atoms with van der Waals surface area (Å²) in [6.45, 7) is 7.93. The maximum Gasteiger partial charge on any atom is 0.0892 e. The first kappa shape index (κ1) is 14.9. The summed E-state index contributed by atoms with van der Waals surface area (Å²) in [5, 5.41) is 18.7. The summed E-state index contributed by atoms with van der Waals surface area (Å²) in [4.78, 5) is 0. The number of hydrogen-bond acceptors (Lipinski definition) is 3. The molecular weight excluding hydrogens is 192 g/mol. The molecule has 0 radical (unpaired) electrons. The lowest BCUT2D eigenvalue weighted by molar-refractivity contribution is -0.180. The molecule has 0 heterocycles. The Morgan fingerprint density at radius 1 is 0.867 bits per heavy atom. The Morgan fingerprint density at radius 3 is 1.40 bits per heavy atom. The molecule has 92 valence electrons. The Morgan fingerprint density at radius 2 is 1.20 bits per heavy atom. The van der Waals surface area contributed by atoms with Crippen molar-refractivity contribution in [3.05, 3.63) is 0 Å². The number of hydrogen-bond donors (Lipinski definition) is 2. The van der Waals surface area contributed by atoms with Gasteiger partial charge in [-0.2, -0.15) is 0 Å². The van der Waals surface area contributed by atoms with Crippen molar-refractivity contribution in [1.82, 2.24) is 0 Å². The van der Waals surface area contributed by atoms with Crippen LogP contribution in [0.4, 0.5) is 0 Å². The fourth-order valence-electron chi connectivity index (χ4n) is 1.98. The van der Waals surface area contributed by atoms with Crippen LogP contribution in [0, 0.1) is 0 Å². The van der Waals surface area contributed by atoms with E-state index in [1.165, 1.54) is 0 Å². The highest BCUT2D eigenvalue weighted by molar-refractivity contribution is 4.82. The number of ether oxygens (including phenoxy) is 1. The second kappa shape index (κ2) is 6.46. The molecule has 15 heavy (non-hydrogen) atoms. The van der Waals surface area contributed by atoms with Gasteiger partial charge in [0.15, 0.2) is 0 Å². The van der Waals surface area contributed by atoms with Gasteiger partial charge in [0, 0.05) is 0 Å². The van der Waals surface area contributed by atoms with Crippen molar-refractivity contribution < 1.29 is 14.9 Å². The molecule has 0 aromatic carbocycles. The molecule has 0 amide bonds. The second-order valence-corrected chi connectivity index (χ2v) is 4.82. The van der Waals surface area contributed by atoms with Crippen molar-refractivity contribution in [3.63, 3.8) is 0 Å². The summed E-state index contributed by atoms with van der Waals surface area (Å²) >= 11 is 0. The first-order valence-electron chi connectivity index (χ1n) is 5.87. The van der Waals surface area contributed by atoms with E-state index in [0.29, 0.717) is 0 Å². The molecule has 0 spiro atoms. The summed E-state index contributed by atoms with van der Waals surface area (Å²) in [5.41, 5.74) is -1.05. The molecule has 3 heteroatoms. The van der Waals surface area contributed by atoms with Crippen LogP contribution in [0.5, 0.6) is 0 Å². The van der Waals surface area contributed by atoms with Crippen LogP contribution in [0.25, 0.3) is 0 Å². The van der Waals surface area contributed by atoms with Crippen molar-refractivity contribution in [2.75, 3.05) is 13.2 Å². The molecular formula is C12H26O3. The molecule has 0 aliphatic carbocycles. The normalized spacial score (nSPS) is 19.6. The Balaban J connectivity index is 4.47. The van der Waals surface area contributed by atoms with Crippen molar-refractivity contribution >= 4 is 0 Å². The van der Waals surface area contributed by atoms with Gasteiger partial charge in [-0.1, -0.05) is 26.7 Å². The van der Waals surface area contributed by atoms with E-state index in [2.05, 4.69) is 13.8 Å². The van der Waals surface area contributed by atoms with Gasteiger partial charge in [-0.15, -0.1) is 0 Å². The van der Waals surface area contributed by atoms with E-state index in [9.17, 15) is 10.2 Å². The van der Waals surface area contributed by atoms with Gasteiger partial charge in [0.25, 0.3) is 0 Å². The summed E-state index contributed by atoms with van der Waals surface area (Å²) in [5.74, 6) is 0. The van der Waals surface area contributed by atoms with Crippen LogP contribution in [0.3, 0.4) is 0 Å². The van der Waals surface area contributed by atoms with Crippen molar-refractivity contribution in [2.45, 2.75) is 64.6 Å². The average molecular weight is 218 g/mol. The molecule has 0 saturated heterocycles. The van der Waals surface area contributed by atoms with Gasteiger partial charge in [-0.25, -0.2) is 0 Å². The molecule has 2 unspecified atom stereocenters. The molecule has 0 aliphatic rings. The fraction of sp³-hybridized carbons (Fsp3) is 1.00. The molecule has 3 nitrogen and oxygen atoms in total. The van der Waals surface area contributed by atoms with Gasteiger partial charge in [0.05, 0.1) is 24.4 Å². The standard InChI is InChI=1S/C12H26O3/c1-5-7-11(3,9-13)15-12(4,10-14)8-6-2/h13-14H,5-10H2,1-4H3. The molecule has 0 fully saturated rings. The Kier molecular flexibility index (Phi) is 6.41. The minimum atomic E-state index is -0.526. The molecule has 0 aliphatic heterocycles. The molecule has 0 saturated carbocycles. The van der Waals surface area contributed by atoms with Gasteiger partial charge < -0.3 is 14.9 Å². The summed E-state index contributed by atoms with van der Waals surface area (Å²) in [7, 11) is 0. The van der Waals surface area contributed by atoms with Crippen LogP contribution in [0.15, 0.2) is 0 Å². The van der Waals surface area contributed by atoms with E-state index in [0.717, 1.165) is 25.7 Å². The third-order valence-electron chi connectivity index (χ3n) is 2.72. The number of aliphatic hydroxyl groups is 2. The molecule has 0 aromatic rings. The van der Waals surface area contributed by atoms with Gasteiger partial charge in [0.2, 0.25) is 0 Å².